The fraction of sp³-hybridized carbons (Fsp3) is 0. The molecule has 0 unspecified atom stereocenters. The van der Waals surface area contributed by atoms with Crippen LogP contribution in [-0.4, -0.2) is 4.98 Å². The number of hydrogen-bond donors (Lipinski definition) is 1. The molecule has 0 atom stereocenters. The van der Waals surface area contributed by atoms with Crippen molar-refractivity contribution >= 4 is 26.7 Å². The van der Waals surface area contributed by atoms with E-state index in [0.717, 1.165) is 15.8 Å². The monoisotopic (exact) mass is 199 g/mol. The summed E-state index contributed by atoms with van der Waals surface area (Å²) in [6.45, 7) is 0. The van der Waals surface area contributed by atoms with Crippen molar-refractivity contribution in [3.05, 3.63) is 23.8 Å². The Kier molecular flexibility index (Phi) is 2.06. The highest BCUT2D eigenvalue weighted by Gasteiger charge is 2.03. The molecule has 0 aliphatic heterocycles. The Morgan fingerprint density at radius 1 is 1.43 bits per heavy atom. The maximum atomic E-state index is 8.34. The van der Waals surface area contributed by atoms with E-state index in [-0.39, 0.29) is 0 Å². The van der Waals surface area contributed by atoms with Gasteiger partial charge < -0.3 is 5.73 Å². The normalized spacial score (nSPS) is 9.07. The molecular weight excluding hydrogens is 194 g/mol. The number of nitrogen functional groups attached to an aromatic ring is 1. The number of nitrogens with zero attached hydrogens (tertiary/aromatic N) is 2. The number of nitrogens with two attached hydrogens (primary N) is 1. The van der Waals surface area contributed by atoms with Crippen LogP contribution in [0, 0.1) is 23.2 Å². The van der Waals surface area contributed by atoms with E-state index in [9.17, 15) is 0 Å². The summed E-state index contributed by atoms with van der Waals surface area (Å²) in [7, 11) is 0. The molecule has 66 valence electrons. The third kappa shape index (κ3) is 1.39. The smallest absolute Gasteiger partial charge is 0.181 e. The second-order valence-electron chi connectivity index (χ2n) is 2.57. The van der Waals surface area contributed by atoms with Crippen LogP contribution in [0.1, 0.15) is 5.56 Å². The van der Waals surface area contributed by atoms with Gasteiger partial charge >= 0.3 is 0 Å². The average molecular weight is 199 g/mol. The van der Waals surface area contributed by atoms with Crippen LogP contribution in [0.3, 0.4) is 0 Å². The van der Waals surface area contributed by atoms with Gasteiger partial charge in [0.2, 0.25) is 0 Å². The number of benzene rings is 1. The first-order chi connectivity index (χ1) is 6.81. The molecule has 0 spiro atoms. The Bertz CT molecular complexity index is 581. The van der Waals surface area contributed by atoms with Crippen LogP contribution in [0.4, 0.5) is 5.13 Å². The van der Waals surface area contributed by atoms with Crippen LogP contribution < -0.4 is 5.73 Å². The number of hydrogen-bond acceptors (Lipinski definition) is 4. The lowest BCUT2D eigenvalue weighted by molar-refractivity contribution is 1.48. The lowest BCUT2D eigenvalue weighted by Gasteiger charge is -1.89. The minimum absolute atomic E-state index is 0.520. The summed E-state index contributed by atoms with van der Waals surface area (Å²) in [4.78, 5) is 4.15. The Labute approximate surface area is 84.8 Å². The number of anilines is 1. The van der Waals surface area contributed by atoms with Crippen molar-refractivity contribution in [1.82, 2.24) is 4.98 Å². The Balaban J connectivity index is 2.71. The molecule has 0 aliphatic rings. The first-order valence-corrected chi connectivity index (χ1v) is 4.68. The zero-order valence-electron chi connectivity index (χ0n) is 7.11. The molecule has 0 saturated heterocycles. The first-order valence-electron chi connectivity index (χ1n) is 3.86. The Morgan fingerprint density at radius 3 is 3.07 bits per heavy atom. The predicted molar refractivity (Wildman–Crippen MR) is 56.5 cm³/mol. The van der Waals surface area contributed by atoms with Gasteiger partial charge in [0.15, 0.2) is 11.2 Å². The molecule has 0 saturated carbocycles. The topological polar surface area (TPSA) is 62.7 Å². The fourth-order valence-electron chi connectivity index (χ4n) is 1.16. The third-order valence-electron chi connectivity index (χ3n) is 1.69. The molecule has 0 bridgehead atoms. The van der Waals surface area contributed by atoms with Crippen molar-refractivity contribution in [2.45, 2.75) is 0 Å². The van der Waals surface area contributed by atoms with Gasteiger partial charge in [0.25, 0.3) is 0 Å². The minimum Gasteiger partial charge on any atom is -0.375 e. The highest BCUT2D eigenvalue weighted by Crippen LogP contribution is 2.25. The van der Waals surface area contributed by atoms with E-state index in [0.29, 0.717) is 5.13 Å². The number of thiazole rings is 1. The molecule has 14 heavy (non-hydrogen) atoms. The molecule has 1 heterocycles. The molecule has 1 aromatic carbocycles. The van der Waals surface area contributed by atoms with Crippen LogP contribution in [-0.2, 0) is 0 Å². The van der Waals surface area contributed by atoms with Gasteiger partial charge in [0.05, 0.1) is 15.8 Å². The van der Waals surface area contributed by atoms with Gasteiger partial charge in [-0.05, 0) is 18.1 Å². The van der Waals surface area contributed by atoms with Crippen molar-refractivity contribution < 1.29 is 0 Å². The molecule has 2 aromatic rings. The molecule has 0 fully saturated rings. The summed E-state index contributed by atoms with van der Waals surface area (Å²) in [6, 6.07) is 7.40. The lowest BCUT2D eigenvalue weighted by Crippen LogP contribution is -1.81. The van der Waals surface area contributed by atoms with Crippen LogP contribution >= 0.6 is 11.3 Å². The van der Waals surface area contributed by atoms with Crippen molar-refractivity contribution in [3.8, 4) is 17.9 Å². The third-order valence-corrected chi connectivity index (χ3v) is 2.54. The molecular formula is C10H5N3S. The van der Waals surface area contributed by atoms with E-state index in [2.05, 4.69) is 16.8 Å². The van der Waals surface area contributed by atoms with Gasteiger partial charge in [-0.2, -0.15) is 5.26 Å². The van der Waals surface area contributed by atoms with E-state index in [1.807, 2.05) is 18.2 Å². The van der Waals surface area contributed by atoms with E-state index >= 15 is 0 Å². The molecule has 0 aliphatic carbocycles. The molecule has 0 radical (unpaired) electrons. The molecule has 1 aromatic heterocycles. The van der Waals surface area contributed by atoms with Crippen molar-refractivity contribution in [2.24, 2.45) is 0 Å². The molecule has 0 amide bonds. The molecule has 4 heteroatoms. The zero-order valence-corrected chi connectivity index (χ0v) is 7.93. The second kappa shape index (κ2) is 3.37. The summed E-state index contributed by atoms with van der Waals surface area (Å²) < 4.78 is 0.993. The number of rotatable bonds is 0. The largest absolute Gasteiger partial charge is 0.375 e. The van der Waals surface area contributed by atoms with Crippen LogP contribution in [0.5, 0.6) is 0 Å². The lowest BCUT2D eigenvalue weighted by atomic mass is 10.2. The number of fused-ring (bicyclic) bond motifs is 1. The van der Waals surface area contributed by atoms with E-state index in [1.165, 1.54) is 11.3 Å². The standard InChI is InChI=1S/C10H5N3S/c11-6-2-4-7-3-1-5-8-9(7)13-10(12)14-8/h1,3,5H,(H2,12,13). The summed E-state index contributed by atoms with van der Waals surface area (Å²) in [6.07, 6.45) is 0. The van der Waals surface area contributed by atoms with E-state index < -0.39 is 0 Å². The van der Waals surface area contributed by atoms with Gasteiger partial charge in [-0.25, -0.2) is 4.98 Å². The maximum absolute atomic E-state index is 8.34. The van der Waals surface area contributed by atoms with Crippen molar-refractivity contribution in [2.75, 3.05) is 5.73 Å². The SMILES string of the molecule is N#CC#Cc1cccc2sc(N)nc12. The highest BCUT2D eigenvalue weighted by atomic mass is 32.1. The van der Waals surface area contributed by atoms with Crippen molar-refractivity contribution in [3.63, 3.8) is 0 Å². The maximum Gasteiger partial charge on any atom is 0.181 e. The quantitative estimate of drug-likeness (QED) is 0.657. The van der Waals surface area contributed by atoms with E-state index in [1.54, 1.807) is 6.07 Å². The molecule has 3 nitrogen and oxygen atoms in total. The van der Waals surface area contributed by atoms with Gasteiger partial charge in [-0.15, -0.1) is 0 Å². The number of para-hydroxylation sites is 1. The average Bonchev–Trinajstić information content (AvgIpc) is 2.55. The first kappa shape index (κ1) is 8.55. The highest BCUT2D eigenvalue weighted by molar-refractivity contribution is 7.22. The molecule has 2 N–H and O–H groups in total. The Morgan fingerprint density at radius 2 is 2.29 bits per heavy atom. The van der Waals surface area contributed by atoms with Gasteiger partial charge in [0, 0.05) is 5.92 Å². The minimum atomic E-state index is 0.520. The predicted octanol–water partition coefficient (Wildman–Crippen LogP) is 1.75. The van der Waals surface area contributed by atoms with Gasteiger partial charge in [0.1, 0.15) is 0 Å². The molecule has 2 rings (SSSR count). The second-order valence-corrected chi connectivity index (χ2v) is 3.63. The summed E-state index contributed by atoms with van der Waals surface area (Å²) in [5, 5.41) is 8.86. The van der Waals surface area contributed by atoms with Crippen molar-refractivity contribution in [1.29, 1.82) is 5.26 Å². The summed E-state index contributed by atoms with van der Waals surface area (Å²) in [5.74, 6) is 5.07. The van der Waals surface area contributed by atoms with Gasteiger partial charge in [-0.3, -0.25) is 0 Å². The van der Waals surface area contributed by atoms with Crippen LogP contribution in [0.2, 0.25) is 0 Å². The van der Waals surface area contributed by atoms with Crippen LogP contribution in [0.25, 0.3) is 10.2 Å². The zero-order chi connectivity index (χ0) is 9.97. The summed E-state index contributed by atoms with van der Waals surface area (Å²) in [5.41, 5.74) is 7.11. The van der Waals surface area contributed by atoms with Gasteiger partial charge in [-0.1, -0.05) is 17.4 Å². The Hall–Kier alpha value is -2.04. The number of aromatic nitrogens is 1. The summed E-state index contributed by atoms with van der Waals surface area (Å²) >= 11 is 1.42. The fourth-order valence-corrected chi connectivity index (χ4v) is 1.92. The van der Waals surface area contributed by atoms with E-state index in [4.69, 9.17) is 11.0 Å². The van der Waals surface area contributed by atoms with Crippen LogP contribution in [0.15, 0.2) is 18.2 Å². The number of nitriles is 1.